The number of nitrogens with zero attached hydrogens (tertiary/aromatic N) is 2. The van der Waals surface area contributed by atoms with Gasteiger partial charge < -0.3 is 0 Å². The van der Waals surface area contributed by atoms with Crippen molar-refractivity contribution in [1.29, 1.82) is 5.26 Å². The summed E-state index contributed by atoms with van der Waals surface area (Å²) in [5.41, 5.74) is 3.71. The fraction of sp³-hybridized carbons (Fsp3) is 0.550. The third-order valence-electron chi connectivity index (χ3n) is 4.01. The fourth-order valence-corrected chi connectivity index (χ4v) is 3.62. The number of nitriles is 1. The van der Waals surface area contributed by atoms with Gasteiger partial charge in [0.25, 0.3) is 0 Å². The standard InChI is InChI=1S/C20H32N2Si/c1-6-11-20(14-10-15-23(3,4)5)22(18(2)16-21)17-19-12-8-7-9-13-19/h7-10,12-13,15,18,20H,6,11,14,17H2,1-5H3/b15-10+. The van der Waals surface area contributed by atoms with E-state index in [-0.39, 0.29) is 6.04 Å². The van der Waals surface area contributed by atoms with Crippen LogP contribution in [0.15, 0.2) is 42.1 Å². The zero-order valence-electron chi connectivity index (χ0n) is 15.4. The molecule has 1 aromatic rings. The van der Waals surface area contributed by atoms with Crippen LogP contribution in [0.4, 0.5) is 0 Å². The molecule has 0 aliphatic rings. The zero-order valence-corrected chi connectivity index (χ0v) is 16.4. The second kappa shape index (κ2) is 9.70. The van der Waals surface area contributed by atoms with Crippen LogP contribution in [0, 0.1) is 11.3 Å². The number of hydrogen-bond donors (Lipinski definition) is 0. The molecule has 0 heterocycles. The Morgan fingerprint density at radius 2 is 1.87 bits per heavy atom. The van der Waals surface area contributed by atoms with Crippen LogP contribution in [0.25, 0.3) is 0 Å². The molecule has 0 spiro atoms. The Balaban J connectivity index is 2.90. The Kier molecular flexibility index (Phi) is 8.29. The summed E-state index contributed by atoms with van der Waals surface area (Å²) < 4.78 is 0. The van der Waals surface area contributed by atoms with Crippen LogP contribution in [0.3, 0.4) is 0 Å². The minimum absolute atomic E-state index is 0.0629. The molecule has 3 heteroatoms. The smallest absolute Gasteiger partial charge is 0.0954 e. The van der Waals surface area contributed by atoms with E-state index in [1.54, 1.807) is 0 Å². The van der Waals surface area contributed by atoms with Gasteiger partial charge in [0.15, 0.2) is 0 Å². The Bertz CT molecular complexity index is 511. The van der Waals surface area contributed by atoms with Crippen LogP contribution in [-0.2, 0) is 6.54 Å². The van der Waals surface area contributed by atoms with Crippen LogP contribution >= 0.6 is 0 Å². The van der Waals surface area contributed by atoms with Crippen molar-refractivity contribution in [3.8, 4) is 6.07 Å². The number of benzene rings is 1. The van der Waals surface area contributed by atoms with Crippen LogP contribution < -0.4 is 0 Å². The van der Waals surface area contributed by atoms with E-state index in [1.807, 2.05) is 13.0 Å². The maximum Gasteiger partial charge on any atom is 0.0954 e. The highest BCUT2D eigenvalue weighted by molar-refractivity contribution is 6.80. The largest absolute Gasteiger partial charge is 0.281 e. The average molecular weight is 329 g/mol. The quantitative estimate of drug-likeness (QED) is 0.568. The minimum Gasteiger partial charge on any atom is -0.281 e. The Hall–Kier alpha value is -1.37. The van der Waals surface area contributed by atoms with Crippen molar-refractivity contribution < 1.29 is 0 Å². The van der Waals surface area contributed by atoms with E-state index in [0.717, 1.165) is 25.8 Å². The molecule has 126 valence electrons. The van der Waals surface area contributed by atoms with Gasteiger partial charge in [-0.1, -0.05) is 75.1 Å². The van der Waals surface area contributed by atoms with E-state index in [9.17, 15) is 5.26 Å². The molecule has 0 saturated heterocycles. The predicted octanol–water partition coefficient (Wildman–Crippen LogP) is 5.39. The van der Waals surface area contributed by atoms with E-state index in [4.69, 9.17) is 0 Å². The maximum atomic E-state index is 9.45. The van der Waals surface area contributed by atoms with Gasteiger partial charge in [0.2, 0.25) is 0 Å². The van der Waals surface area contributed by atoms with Crippen molar-refractivity contribution in [2.45, 2.75) is 71.4 Å². The van der Waals surface area contributed by atoms with E-state index >= 15 is 0 Å². The second-order valence-electron chi connectivity index (χ2n) is 7.41. The molecule has 2 atom stereocenters. The molecular weight excluding hydrogens is 296 g/mol. The molecule has 0 bridgehead atoms. The molecular formula is C20H32N2Si. The molecule has 0 N–H and O–H groups in total. The van der Waals surface area contributed by atoms with Crippen LogP contribution in [0.5, 0.6) is 0 Å². The third-order valence-corrected chi connectivity index (χ3v) is 5.24. The van der Waals surface area contributed by atoms with Gasteiger partial charge in [-0.05, 0) is 25.3 Å². The van der Waals surface area contributed by atoms with Gasteiger partial charge >= 0.3 is 0 Å². The lowest BCUT2D eigenvalue weighted by Crippen LogP contribution is -2.40. The first-order valence-corrected chi connectivity index (χ1v) is 12.3. The molecule has 0 aromatic heterocycles. The first kappa shape index (κ1) is 19.7. The van der Waals surface area contributed by atoms with Gasteiger partial charge in [-0.3, -0.25) is 4.90 Å². The second-order valence-corrected chi connectivity index (χ2v) is 12.5. The molecule has 0 aliphatic carbocycles. The highest BCUT2D eigenvalue weighted by Crippen LogP contribution is 2.19. The Morgan fingerprint density at radius 1 is 1.22 bits per heavy atom. The van der Waals surface area contributed by atoms with E-state index in [0.29, 0.717) is 6.04 Å². The summed E-state index contributed by atoms with van der Waals surface area (Å²) in [6, 6.07) is 13.3. The summed E-state index contributed by atoms with van der Waals surface area (Å²) in [5, 5.41) is 9.45. The molecule has 0 aliphatic heterocycles. The van der Waals surface area contributed by atoms with Gasteiger partial charge in [-0.25, -0.2) is 0 Å². The first-order chi connectivity index (χ1) is 10.9. The predicted molar refractivity (Wildman–Crippen MR) is 103 cm³/mol. The maximum absolute atomic E-state index is 9.45. The molecule has 2 unspecified atom stereocenters. The monoisotopic (exact) mass is 328 g/mol. The molecule has 0 radical (unpaired) electrons. The Morgan fingerprint density at radius 3 is 2.39 bits per heavy atom. The summed E-state index contributed by atoms with van der Waals surface area (Å²) in [5.74, 6) is 0. The molecule has 2 nitrogen and oxygen atoms in total. The lowest BCUT2D eigenvalue weighted by Gasteiger charge is -2.33. The van der Waals surface area contributed by atoms with E-state index in [2.05, 4.69) is 73.6 Å². The highest BCUT2D eigenvalue weighted by atomic mass is 28.3. The summed E-state index contributed by atoms with van der Waals surface area (Å²) in [6.07, 6.45) is 5.68. The highest BCUT2D eigenvalue weighted by Gasteiger charge is 2.22. The summed E-state index contributed by atoms with van der Waals surface area (Å²) in [6.45, 7) is 12.2. The van der Waals surface area contributed by atoms with Gasteiger partial charge in [0.05, 0.1) is 20.2 Å². The van der Waals surface area contributed by atoms with Crippen molar-refractivity contribution in [3.05, 3.63) is 47.7 Å². The SMILES string of the molecule is CCCC(C/C=C/[Si](C)(C)C)N(Cc1ccccc1)C(C)C#N. The zero-order chi connectivity index (χ0) is 17.3. The molecule has 0 amide bonds. The Labute approximate surface area is 143 Å². The molecule has 1 rings (SSSR count). The van der Waals surface area contributed by atoms with Crippen molar-refractivity contribution >= 4 is 8.07 Å². The normalized spacial score (nSPS) is 14.8. The van der Waals surface area contributed by atoms with Crippen LogP contribution in [0.2, 0.25) is 19.6 Å². The van der Waals surface area contributed by atoms with Gasteiger partial charge in [0.1, 0.15) is 0 Å². The van der Waals surface area contributed by atoms with E-state index in [1.165, 1.54) is 5.56 Å². The number of rotatable bonds is 9. The molecule has 23 heavy (non-hydrogen) atoms. The van der Waals surface area contributed by atoms with Crippen molar-refractivity contribution in [2.75, 3.05) is 0 Å². The van der Waals surface area contributed by atoms with Gasteiger partial charge in [-0.15, -0.1) is 0 Å². The lowest BCUT2D eigenvalue weighted by atomic mass is 10.0. The first-order valence-electron chi connectivity index (χ1n) is 8.74. The summed E-state index contributed by atoms with van der Waals surface area (Å²) >= 11 is 0. The molecule has 0 saturated carbocycles. The summed E-state index contributed by atoms with van der Waals surface area (Å²) in [4.78, 5) is 2.37. The summed E-state index contributed by atoms with van der Waals surface area (Å²) in [7, 11) is -1.16. The van der Waals surface area contributed by atoms with Crippen molar-refractivity contribution in [1.82, 2.24) is 4.90 Å². The van der Waals surface area contributed by atoms with E-state index < -0.39 is 8.07 Å². The van der Waals surface area contributed by atoms with Crippen molar-refractivity contribution in [3.63, 3.8) is 0 Å². The van der Waals surface area contributed by atoms with Crippen LogP contribution in [0.1, 0.15) is 38.7 Å². The van der Waals surface area contributed by atoms with Crippen LogP contribution in [-0.4, -0.2) is 25.1 Å². The fourth-order valence-electron chi connectivity index (χ4n) is 2.78. The molecule has 0 fully saturated rings. The number of hydrogen-bond acceptors (Lipinski definition) is 2. The van der Waals surface area contributed by atoms with Gasteiger partial charge in [-0.2, -0.15) is 5.26 Å². The topological polar surface area (TPSA) is 27.0 Å². The minimum atomic E-state index is -1.16. The van der Waals surface area contributed by atoms with Crippen molar-refractivity contribution in [2.24, 2.45) is 0 Å². The van der Waals surface area contributed by atoms with Gasteiger partial charge in [0, 0.05) is 12.6 Å². The third kappa shape index (κ3) is 7.63. The molecule has 1 aromatic carbocycles. The lowest BCUT2D eigenvalue weighted by molar-refractivity contribution is 0.154. The average Bonchev–Trinajstić information content (AvgIpc) is 2.51.